The number of urea groups is 1. The molecule has 1 aliphatic carbocycles. The van der Waals surface area contributed by atoms with E-state index in [1.165, 1.54) is 0 Å². The minimum absolute atomic E-state index is 0.0261. The predicted octanol–water partition coefficient (Wildman–Crippen LogP) is 1.58. The fraction of sp³-hybridized carbons (Fsp3) is 0.944. The Hall–Kier alpha value is -0.850. The minimum Gasteiger partial charge on any atom is -0.392 e. The smallest absolute Gasteiger partial charge is 0.314 e. The molecule has 6 heteroatoms. The normalized spacial score (nSPS) is 27.4. The summed E-state index contributed by atoms with van der Waals surface area (Å²) in [6, 6.07) is 0.197. The van der Waals surface area contributed by atoms with Crippen LogP contribution >= 0.6 is 0 Å². The molecule has 0 radical (unpaired) electrons. The van der Waals surface area contributed by atoms with E-state index in [0.29, 0.717) is 19.1 Å². The van der Waals surface area contributed by atoms with Gasteiger partial charge in [0.1, 0.15) is 0 Å². The summed E-state index contributed by atoms with van der Waals surface area (Å²) >= 11 is 0. The zero-order chi connectivity index (χ0) is 17.6. The Morgan fingerprint density at radius 2 is 1.92 bits per heavy atom. The fourth-order valence-electron chi connectivity index (χ4n) is 4.32. The second-order valence-corrected chi connectivity index (χ2v) is 7.38. The highest BCUT2D eigenvalue weighted by Gasteiger charge is 2.48. The second-order valence-electron chi connectivity index (χ2n) is 7.38. The molecule has 1 saturated carbocycles. The number of aliphatic hydroxyl groups is 1. The van der Waals surface area contributed by atoms with Crippen LogP contribution in [0, 0.1) is 11.3 Å². The van der Waals surface area contributed by atoms with Gasteiger partial charge in [-0.05, 0) is 45.7 Å². The summed E-state index contributed by atoms with van der Waals surface area (Å²) in [5.41, 5.74) is 0.0261. The van der Waals surface area contributed by atoms with E-state index in [-0.39, 0.29) is 23.5 Å². The number of rotatable bonds is 7. The molecule has 2 aliphatic rings. The van der Waals surface area contributed by atoms with Gasteiger partial charge in [0.25, 0.3) is 0 Å². The number of nitrogens with one attached hydrogen (secondary N) is 2. The molecule has 2 amide bonds. The molecule has 1 aliphatic heterocycles. The van der Waals surface area contributed by atoms with E-state index in [4.69, 9.17) is 4.74 Å². The highest BCUT2D eigenvalue weighted by molar-refractivity contribution is 5.73. The molecular formula is C18H35N3O3. The van der Waals surface area contributed by atoms with Crippen LogP contribution in [0.25, 0.3) is 0 Å². The van der Waals surface area contributed by atoms with E-state index >= 15 is 0 Å². The minimum atomic E-state index is -0.323. The standard InChI is InChI=1S/C18H35N3O3/c1-4-21(5-2)14(3)12-19-17(23)20-13-15-6-7-18(16(15)22)8-10-24-11-9-18/h14-16,22H,4-13H2,1-3H3,(H2,19,20,23). The second kappa shape index (κ2) is 9.02. The van der Waals surface area contributed by atoms with Gasteiger partial charge in [-0.1, -0.05) is 13.8 Å². The highest BCUT2D eigenvalue weighted by atomic mass is 16.5. The average Bonchev–Trinajstić information content (AvgIpc) is 2.89. The first-order valence-electron chi connectivity index (χ1n) is 9.54. The molecule has 3 unspecified atom stereocenters. The van der Waals surface area contributed by atoms with Crippen LogP contribution in [0.15, 0.2) is 0 Å². The van der Waals surface area contributed by atoms with Gasteiger partial charge in [0.15, 0.2) is 0 Å². The molecule has 24 heavy (non-hydrogen) atoms. The largest absolute Gasteiger partial charge is 0.392 e. The van der Waals surface area contributed by atoms with Crippen molar-refractivity contribution in [1.29, 1.82) is 0 Å². The zero-order valence-corrected chi connectivity index (χ0v) is 15.5. The molecule has 0 aromatic heterocycles. The molecule has 0 aromatic carbocycles. The topological polar surface area (TPSA) is 73.8 Å². The van der Waals surface area contributed by atoms with Crippen molar-refractivity contribution in [3.05, 3.63) is 0 Å². The average molecular weight is 341 g/mol. The van der Waals surface area contributed by atoms with Gasteiger partial charge < -0.3 is 20.5 Å². The van der Waals surface area contributed by atoms with Crippen LogP contribution in [-0.4, -0.2) is 67.6 Å². The third-order valence-corrected chi connectivity index (χ3v) is 6.09. The molecule has 0 aromatic rings. The maximum atomic E-state index is 12.0. The van der Waals surface area contributed by atoms with Crippen molar-refractivity contribution in [3.63, 3.8) is 0 Å². The molecule has 2 fully saturated rings. The SMILES string of the molecule is CCN(CC)C(C)CNC(=O)NCC1CCC2(CCOCC2)C1O. The van der Waals surface area contributed by atoms with Crippen LogP contribution in [0.1, 0.15) is 46.5 Å². The summed E-state index contributed by atoms with van der Waals surface area (Å²) in [6.07, 6.45) is 3.59. The van der Waals surface area contributed by atoms with Crippen molar-refractivity contribution >= 4 is 6.03 Å². The lowest BCUT2D eigenvalue weighted by atomic mass is 9.76. The summed E-state index contributed by atoms with van der Waals surface area (Å²) in [6.45, 7) is 11.1. The lowest BCUT2D eigenvalue weighted by Crippen LogP contribution is -2.47. The number of nitrogens with zero attached hydrogens (tertiary/aromatic N) is 1. The van der Waals surface area contributed by atoms with E-state index in [1.807, 2.05) is 0 Å². The van der Waals surface area contributed by atoms with Gasteiger partial charge in [0, 0.05) is 43.7 Å². The molecule has 2 rings (SSSR count). The molecule has 0 bridgehead atoms. The lowest BCUT2D eigenvalue weighted by molar-refractivity contribution is -0.0554. The molecule has 3 atom stereocenters. The van der Waals surface area contributed by atoms with Gasteiger partial charge in [-0.3, -0.25) is 4.90 Å². The van der Waals surface area contributed by atoms with E-state index in [9.17, 15) is 9.90 Å². The molecule has 3 N–H and O–H groups in total. The van der Waals surface area contributed by atoms with E-state index < -0.39 is 0 Å². The fourth-order valence-corrected chi connectivity index (χ4v) is 4.32. The van der Waals surface area contributed by atoms with Crippen LogP contribution in [0.3, 0.4) is 0 Å². The summed E-state index contributed by atoms with van der Waals surface area (Å²) in [7, 11) is 0. The third-order valence-electron chi connectivity index (χ3n) is 6.09. The number of aliphatic hydroxyl groups excluding tert-OH is 1. The van der Waals surface area contributed by atoms with Gasteiger partial charge >= 0.3 is 6.03 Å². The predicted molar refractivity (Wildman–Crippen MR) is 95.0 cm³/mol. The Morgan fingerprint density at radius 3 is 2.54 bits per heavy atom. The van der Waals surface area contributed by atoms with Crippen LogP contribution in [-0.2, 0) is 4.74 Å². The van der Waals surface area contributed by atoms with Gasteiger partial charge in [0.05, 0.1) is 6.10 Å². The van der Waals surface area contributed by atoms with Gasteiger partial charge in [0.2, 0.25) is 0 Å². The first-order chi connectivity index (χ1) is 11.5. The summed E-state index contributed by atoms with van der Waals surface area (Å²) in [5.74, 6) is 0.161. The lowest BCUT2D eigenvalue weighted by Gasteiger charge is -2.37. The molecule has 1 saturated heterocycles. The number of hydrogen-bond acceptors (Lipinski definition) is 4. The number of carbonyl (C=O) groups excluding carboxylic acids is 1. The van der Waals surface area contributed by atoms with Crippen molar-refractivity contribution in [1.82, 2.24) is 15.5 Å². The first kappa shape index (κ1) is 19.5. The van der Waals surface area contributed by atoms with Crippen LogP contribution in [0.5, 0.6) is 0 Å². The molecular weight excluding hydrogens is 306 g/mol. The van der Waals surface area contributed by atoms with E-state index in [0.717, 1.165) is 52.0 Å². The van der Waals surface area contributed by atoms with Crippen molar-refractivity contribution < 1.29 is 14.6 Å². The molecule has 1 spiro atoms. The van der Waals surface area contributed by atoms with E-state index in [2.05, 4.69) is 36.3 Å². The molecule has 6 nitrogen and oxygen atoms in total. The van der Waals surface area contributed by atoms with Crippen LogP contribution in [0.4, 0.5) is 4.79 Å². The van der Waals surface area contributed by atoms with Gasteiger partial charge in [-0.2, -0.15) is 0 Å². The Balaban J connectivity index is 1.70. The Morgan fingerprint density at radius 1 is 1.25 bits per heavy atom. The number of carbonyl (C=O) groups is 1. The molecule has 140 valence electrons. The van der Waals surface area contributed by atoms with Crippen molar-refractivity contribution in [3.8, 4) is 0 Å². The summed E-state index contributed by atoms with van der Waals surface area (Å²) < 4.78 is 5.44. The summed E-state index contributed by atoms with van der Waals surface area (Å²) in [4.78, 5) is 14.4. The number of amides is 2. The van der Waals surface area contributed by atoms with Crippen molar-refractivity contribution in [2.24, 2.45) is 11.3 Å². The van der Waals surface area contributed by atoms with Gasteiger partial charge in [-0.25, -0.2) is 4.79 Å². The number of ether oxygens (including phenoxy) is 1. The number of likely N-dealkylation sites (N-methyl/N-ethyl adjacent to an activating group) is 1. The maximum absolute atomic E-state index is 12.0. The van der Waals surface area contributed by atoms with Crippen LogP contribution in [0.2, 0.25) is 0 Å². The van der Waals surface area contributed by atoms with Crippen molar-refractivity contribution in [2.75, 3.05) is 39.4 Å². The first-order valence-corrected chi connectivity index (χ1v) is 9.54. The Kier molecular flexibility index (Phi) is 7.32. The summed E-state index contributed by atoms with van der Waals surface area (Å²) in [5, 5.41) is 16.6. The zero-order valence-electron chi connectivity index (χ0n) is 15.5. The number of hydrogen-bond donors (Lipinski definition) is 3. The Labute approximate surface area is 146 Å². The maximum Gasteiger partial charge on any atom is 0.314 e. The van der Waals surface area contributed by atoms with Gasteiger partial charge in [-0.15, -0.1) is 0 Å². The third kappa shape index (κ3) is 4.61. The highest BCUT2D eigenvalue weighted by Crippen LogP contribution is 2.48. The quantitative estimate of drug-likeness (QED) is 0.657. The monoisotopic (exact) mass is 341 g/mol. The van der Waals surface area contributed by atoms with E-state index in [1.54, 1.807) is 0 Å². The van der Waals surface area contributed by atoms with Crippen molar-refractivity contribution in [2.45, 2.75) is 58.6 Å². The molecule has 1 heterocycles. The Bertz CT molecular complexity index is 395. The van der Waals surface area contributed by atoms with Crippen LogP contribution < -0.4 is 10.6 Å².